The van der Waals surface area contributed by atoms with Crippen LogP contribution >= 0.6 is 0 Å². The largest absolute Gasteiger partial charge is 0.387 e. The van der Waals surface area contributed by atoms with E-state index in [2.05, 4.69) is 0 Å². The van der Waals surface area contributed by atoms with Gasteiger partial charge in [-0.2, -0.15) is 0 Å². The number of ether oxygens (including phenoxy) is 2. The number of fused-ring (bicyclic) bond motifs is 2. The van der Waals surface area contributed by atoms with Gasteiger partial charge in [-0.3, -0.25) is 0 Å². The van der Waals surface area contributed by atoms with Gasteiger partial charge in [0.1, 0.15) is 24.4 Å². The van der Waals surface area contributed by atoms with Crippen molar-refractivity contribution in [3.05, 3.63) is 0 Å². The van der Waals surface area contributed by atoms with Gasteiger partial charge in [0.15, 0.2) is 6.29 Å². The van der Waals surface area contributed by atoms with Gasteiger partial charge in [0.2, 0.25) is 0 Å². The highest BCUT2D eigenvalue weighted by molar-refractivity contribution is 4.92. The Morgan fingerprint density at radius 2 is 1.73 bits per heavy atom. The van der Waals surface area contributed by atoms with Crippen molar-refractivity contribution >= 4 is 0 Å². The minimum atomic E-state index is -1.15. The first-order valence-corrected chi connectivity index (χ1v) is 3.51. The molecular weight excluding hydrogens is 152 g/mol. The van der Waals surface area contributed by atoms with Crippen molar-refractivity contribution in [2.45, 2.75) is 30.7 Å². The fraction of sp³-hybridized carbons (Fsp3) is 1.00. The van der Waals surface area contributed by atoms with Crippen LogP contribution < -0.4 is 0 Å². The van der Waals surface area contributed by atoms with Gasteiger partial charge < -0.3 is 24.8 Å². The molecule has 0 aliphatic carbocycles. The van der Waals surface area contributed by atoms with Crippen molar-refractivity contribution < 1.29 is 24.8 Å². The van der Waals surface area contributed by atoms with Gasteiger partial charge in [-0.25, -0.2) is 0 Å². The van der Waals surface area contributed by atoms with Crippen molar-refractivity contribution in [3.63, 3.8) is 0 Å². The molecule has 2 saturated heterocycles. The summed E-state index contributed by atoms with van der Waals surface area (Å²) in [6, 6.07) is 0. The van der Waals surface area contributed by atoms with Crippen LogP contribution in [0.5, 0.6) is 0 Å². The zero-order valence-corrected chi connectivity index (χ0v) is 5.75. The van der Waals surface area contributed by atoms with Crippen LogP contribution in [0.25, 0.3) is 0 Å². The SMILES string of the molecule is OC1[C@H](O)C2CO[C@H](O2)[C@H]1O. The molecule has 2 rings (SSSR count). The zero-order chi connectivity index (χ0) is 8.01. The van der Waals surface area contributed by atoms with Gasteiger partial charge in [0.25, 0.3) is 0 Å². The van der Waals surface area contributed by atoms with E-state index in [4.69, 9.17) is 14.6 Å². The van der Waals surface area contributed by atoms with Gasteiger partial charge in [-0.15, -0.1) is 0 Å². The summed E-state index contributed by atoms with van der Waals surface area (Å²) in [5.74, 6) is 0. The molecule has 0 saturated carbocycles. The molecule has 0 aromatic rings. The summed E-state index contributed by atoms with van der Waals surface area (Å²) >= 11 is 0. The minimum Gasteiger partial charge on any atom is -0.387 e. The van der Waals surface area contributed by atoms with E-state index in [1.807, 2.05) is 0 Å². The second-order valence-electron chi connectivity index (χ2n) is 2.85. The van der Waals surface area contributed by atoms with E-state index >= 15 is 0 Å². The van der Waals surface area contributed by atoms with Crippen molar-refractivity contribution in [2.75, 3.05) is 6.61 Å². The van der Waals surface area contributed by atoms with Crippen molar-refractivity contribution in [1.82, 2.24) is 0 Å². The van der Waals surface area contributed by atoms with Crippen LogP contribution in [-0.2, 0) is 9.47 Å². The fourth-order valence-corrected chi connectivity index (χ4v) is 1.38. The second kappa shape index (κ2) is 2.40. The molecular formula is C6H10O5. The summed E-state index contributed by atoms with van der Waals surface area (Å²) in [6.45, 7) is 0.236. The lowest BCUT2D eigenvalue weighted by Gasteiger charge is -2.32. The second-order valence-corrected chi connectivity index (χ2v) is 2.85. The van der Waals surface area contributed by atoms with Crippen LogP contribution in [0.4, 0.5) is 0 Å². The van der Waals surface area contributed by atoms with E-state index in [0.717, 1.165) is 0 Å². The molecule has 2 fully saturated rings. The van der Waals surface area contributed by atoms with Crippen molar-refractivity contribution in [2.24, 2.45) is 0 Å². The Bertz CT molecular complexity index is 141. The quantitative estimate of drug-likeness (QED) is 0.377. The lowest BCUT2D eigenvalue weighted by atomic mass is 10.0. The summed E-state index contributed by atoms with van der Waals surface area (Å²) in [6.07, 6.45) is -4.58. The third-order valence-corrected chi connectivity index (χ3v) is 2.09. The third-order valence-electron chi connectivity index (χ3n) is 2.09. The molecule has 0 spiro atoms. The van der Waals surface area contributed by atoms with Crippen LogP contribution in [0.15, 0.2) is 0 Å². The van der Waals surface area contributed by atoms with E-state index < -0.39 is 30.7 Å². The van der Waals surface area contributed by atoms with Crippen LogP contribution in [0.2, 0.25) is 0 Å². The Morgan fingerprint density at radius 1 is 1.00 bits per heavy atom. The van der Waals surface area contributed by atoms with Gasteiger partial charge in [0, 0.05) is 0 Å². The highest BCUT2D eigenvalue weighted by atomic mass is 16.7. The molecule has 2 heterocycles. The van der Waals surface area contributed by atoms with Crippen LogP contribution in [0.3, 0.4) is 0 Å². The van der Waals surface area contributed by atoms with Crippen LogP contribution in [0, 0.1) is 0 Å². The maximum Gasteiger partial charge on any atom is 0.186 e. The first-order chi connectivity index (χ1) is 5.20. The van der Waals surface area contributed by atoms with Crippen LogP contribution in [-0.4, -0.2) is 52.6 Å². The first-order valence-electron chi connectivity index (χ1n) is 3.51. The average Bonchev–Trinajstić information content (AvgIpc) is 2.44. The molecule has 3 N–H and O–H groups in total. The summed E-state index contributed by atoms with van der Waals surface area (Å²) < 4.78 is 9.95. The van der Waals surface area contributed by atoms with Crippen LogP contribution in [0.1, 0.15) is 0 Å². The number of hydrogen-bond donors (Lipinski definition) is 3. The normalized spacial score (nSPS) is 56.5. The Hall–Kier alpha value is -0.200. The van der Waals surface area contributed by atoms with Crippen molar-refractivity contribution in [3.8, 4) is 0 Å². The number of aliphatic hydroxyl groups is 3. The first kappa shape index (κ1) is 7.45. The Morgan fingerprint density at radius 3 is 2.45 bits per heavy atom. The Kier molecular flexibility index (Phi) is 1.62. The maximum atomic E-state index is 9.22. The molecule has 2 bridgehead atoms. The summed E-state index contributed by atoms with van der Waals surface area (Å²) in [7, 11) is 0. The maximum absolute atomic E-state index is 9.22. The smallest absolute Gasteiger partial charge is 0.186 e. The summed E-state index contributed by atoms with van der Waals surface area (Å²) in [5.41, 5.74) is 0. The molecule has 2 aliphatic heterocycles. The van der Waals surface area contributed by atoms with E-state index in [0.29, 0.717) is 0 Å². The Balaban J connectivity index is 2.16. The van der Waals surface area contributed by atoms with Gasteiger partial charge in [-0.05, 0) is 0 Å². The topological polar surface area (TPSA) is 79.2 Å². The summed E-state index contributed by atoms with van der Waals surface area (Å²) in [4.78, 5) is 0. The average molecular weight is 162 g/mol. The van der Waals surface area contributed by atoms with Gasteiger partial charge >= 0.3 is 0 Å². The van der Waals surface area contributed by atoms with E-state index in [9.17, 15) is 10.2 Å². The molecule has 2 unspecified atom stereocenters. The molecule has 0 aromatic heterocycles. The lowest BCUT2D eigenvalue weighted by molar-refractivity contribution is -0.228. The number of aliphatic hydroxyl groups excluding tert-OH is 3. The number of rotatable bonds is 0. The van der Waals surface area contributed by atoms with E-state index in [1.54, 1.807) is 0 Å². The number of hydrogen-bond acceptors (Lipinski definition) is 5. The molecule has 2 aliphatic rings. The molecule has 0 radical (unpaired) electrons. The molecule has 0 aromatic carbocycles. The molecule has 5 nitrogen and oxygen atoms in total. The highest BCUT2D eigenvalue weighted by Crippen LogP contribution is 2.27. The molecule has 5 atom stereocenters. The minimum absolute atomic E-state index is 0.236. The Labute approximate surface area is 63.2 Å². The molecule has 11 heavy (non-hydrogen) atoms. The monoisotopic (exact) mass is 162 g/mol. The van der Waals surface area contributed by atoms with E-state index in [-0.39, 0.29) is 6.61 Å². The van der Waals surface area contributed by atoms with Gasteiger partial charge in [-0.1, -0.05) is 0 Å². The third kappa shape index (κ3) is 0.969. The molecule has 64 valence electrons. The fourth-order valence-electron chi connectivity index (χ4n) is 1.38. The zero-order valence-electron chi connectivity index (χ0n) is 5.75. The predicted molar refractivity (Wildman–Crippen MR) is 32.6 cm³/mol. The molecule has 5 heteroatoms. The van der Waals surface area contributed by atoms with E-state index in [1.165, 1.54) is 0 Å². The highest BCUT2D eigenvalue weighted by Gasteiger charge is 2.48. The van der Waals surface area contributed by atoms with Crippen molar-refractivity contribution in [1.29, 1.82) is 0 Å². The summed E-state index contributed by atoms with van der Waals surface area (Å²) in [5, 5.41) is 27.6. The standard InChI is InChI=1S/C6H10O5/c7-3-2-1-10-6(11-2)5(9)4(3)8/h2-9H,1H2/t2?,3-,4?,5+,6-/m1/s1. The van der Waals surface area contributed by atoms with Gasteiger partial charge in [0.05, 0.1) is 6.61 Å². The predicted octanol–water partition coefficient (Wildman–Crippen LogP) is -2.18. The molecule has 0 amide bonds. The lowest BCUT2D eigenvalue weighted by Crippen LogP contribution is -2.53.